The number of nitriles is 1. The number of nitrogens with zero attached hydrogens (tertiary/aromatic N) is 1. The Morgan fingerprint density at radius 3 is 2.09 bits per heavy atom. The third kappa shape index (κ3) is 3.37. The minimum atomic E-state index is -1.75. The van der Waals surface area contributed by atoms with Gasteiger partial charge in [-0.15, -0.1) is 0 Å². The lowest BCUT2D eigenvalue weighted by Crippen LogP contribution is -2.41. The molecule has 0 aromatic heterocycles. The van der Waals surface area contributed by atoms with Gasteiger partial charge in [-0.1, -0.05) is 6.07 Å². The van der Waals surface area contributed by atoms with Crippen LogP contribution in [0.15, 0.2) is 18.2 Å². The summed E-state index contributed by atoms with van der Waals surface area (Å²) in [7, 11) is -2.21. The summed E-state index contributed by atoms with van der Waals surface area (Å²) in [6.07, 6.45) is 0. The van der Waals surface area contributed by atoms with E-state index < -0.39 is 26.6 Å². The molecule has 0 spiro atoms. The Morgan fingerprint density at radius 1 is 1.09 bits per heavy atom. The van der Waals surface area contributed by atoms with E-state index >= 15 is 0 Å². The highest BCUT2D eigenvalue weighted by Gasteiger charge is 2.51. The molecule has 0 atom stereocenters. The summed E-state index contributed by atoms with van der Waals surface area (Å²) in [5, 5.41) is 9.39. The van der Waals surface area contributed by atoms with Crippen LogP contribution in [0.5, 0.6) is 5.75 Å². The molecule has 0 amide bonds. The van der Waals surface area contributed by atoms with E-state index in [0.717, 1.165) is 5.46 Å². The molecule has 4 nitrogen and oxygen atoms in total. The van der Waals surface area contributed by atoms with Gasteiger partial charge in [-0.05, 0) is 64.9 Å². The van der Waals surface area contributed by atoms with E-state index in [4.69, 9.17) is 13.7 Å². The zero-order valence-electron chi connectivity index (χ0n) is 14.5. The van der Waals surface area contributed by atoms with Gasteiger partial charge in [-0.2, -0.15) is 5.26 Å². The zero-order valence-corrected chi connectivity index (χ0v) is 15.5. The summed E-state index contributed by atoms with van der Waals surface area (Å²) in [5.41, 5.74) is 0.586. The van der Waals surface area contributed by atoms with Gasteiger partial charge in [0.2, 0.25) is 8.32 Å². The number of hydrogen-bond acceptors (Lipinski definition) is 4. The number of rotatable bonds is 3. The monoisotopic (exact) mass is 317 g/mol. The molecule has 1 fully saturated rings. The van der Waals surface area contributed by atoms with Crippen molar-refractivity contribution in [1.29, 1.82) is 5.26 Å². The van der Waals surface area contributed by atoms with Crippen molar-refractivity contribution < 1.29 is 13.7 Å². The van der Waals surface area contributed by atoms with Crippen molar-refractivity contribution in [1.82, 2.24) is 0 Å². The molecule has 0 saturated carbocycles. The van der Waals surface area contributed by atoms with Crippen LogP contribution in [0.1, 0.15) is 33.3 Å². The first-order chi connectivity index (χ1) is 9.95. The average molecular weight is 317 g/mol. The second-order valence-corrected chi connectivity index (χ2v) is 12.1. The summed E-state index contributed by atoms with van der Waals surface area (Å²) in [4.78, 5) is 0. The quantitative estimate of drug-likeness (QED) is 0.804. The Balaban J connectivity index is 2.30. The maximum absolute atomic E-state index is 9.39. The zero-order chi connectivity index (χ0) is 16.8. The van der Waals surface area contributed by atoms with Gasteiger partial charge in [0.25, 0.3) is 0 Å². The molecule has 118 valence electrons. The highest BCUT2D eigenvalue weighted by atomic mass is 28.4. The molecule has 0 bridgehead atoms. The van der Waals surface area contributed by atoms with Crippen LogP contribution in [-0.4, -0.2) is 26.6 Å². The maximum Gasteiger partial charge on any atom is 0.494 e. The lowest BCUT2D eigenvalue weighted by atomic mass is 9.78. The molecular weight excluding hydrogens is 293 g/mol. The van der Waals surface area contributed by atoms with Gasteiger partial charge in [0.15, 0.2) is 0 Å². The van der Waals surface area contributed by atoms with Gasteiger partial charge in [0.05, 0.1) is 16.8 Å². The number of hydrogen-bond donors (Lipinski definition) is 0. The molecule has 1 aliphatic heterocycles. The van der Waals surface area contributed by atoms with Crippen molar-refractivity contribution in [2.45, 2.75) is 58.5 Å². The molecule has 22 heavy (non-hydrogen) atoms. The highest BCUT2D eigenvalue weighted by molar-refractivity contribution is 6.70. The third-order valence-electron chi connectivity index (χ3n) is 4.07. The van der Waals surface area contributed by atoms with Crippen LogP contribution >= 0.6 is 0 Å². The van der Waals surface area contributed by atoms with Crippen molar-refractivity contribution in [3.05, 3.63) is 23.8 Å². The average Bonchev–Trinajstić information content (AvgIpc) is 2.57. The van der Waals surface area contributed by atoms with Gasteiger partial charge < -0.3 is 13.7 Å². The Kier molecular flexibility index (Phi) is 4.20. The van der Waals surface area contributed by atoms with Gasteiger partial charge in [-0.25, -0.2) is 0 Å². The van der Waals surface area contributed by atoms with E-state index in [9.17, 15) is 5.26 Å². The highest BCUT2D eigenvalue weighted by Crippen LogP contribution is 2.36. The lowest BCUT2D eigenvalue weighted by Gasteiger charge is -2.32. The molecule has 1 aromatic rings. The fourth-order valence-electron chi connectivity index (χ4n) is 2.18. The molecule has 1 aromatic carbocycles. The summed E-state index contributed by atoms with van der Waals surface area (Å²) >= 11 is 0. The first-order valence-corrected chi connectivity index (χ1v) is 10.9. The van der Waals surface area contributed by atoms with Crippen LogP contribution in [0, 0.1) is 11.3 Å². The van der Waals surface area contributed by atoms with E-state index in [0.29, 0.717) is 11.3 Å². The van der Waals surface area contributed by atoms with E-state index in [1.165, 1.54) is 0 Å². The Morgan fingerprint density at radius 2 is 1.64 bits per heavy atom. The van der Waals surface area contributed by atoms with E-state index in [2.05, 4.69) is 25.7 Å². The van der Waals surface area contributed by atoms with Crippen LogP contribution in [0.2, 0.25) is 19.6 Å². The molecule has 1 heterocycles. The molecule has 2 rings (SSSR count). The fourth-order valence-corrected chi connectivity index (χ4v) is 3.02. The first kappa shape index (κ1) is 17.1. The predicted molar refractivity (Wildman–Crippen MR) is 90.8 cm³/mol. The second kappa shape index (κ2) is 5.41. The fraction of sp³-hybridized carbons (Fsp3) is 0.562. The molecule has 0 unspecified atom stereocenters. The summed E-state index contributed by atoms with van der Waals surface area (Å²) in [6, 6.07) is 7.77. The van der Waals surface area contributed by atoms with Gasteiger partial charge in [0, 0.05) is 0 Å². The normalized spacial score (nSPS) is 19.8. The third-order valence-corrected chi connectivity index (χ3v) is 4.90. The molecule has 1 saturated heterocycles. The van der Waals surface area contributed by atoms with Crippen LogP contribution in [0.25, 0.3) is 0 Å². The molecule has 0 N–H and O–H groups in total. The van der Waals surface area contributed by atoms with Crippen molar-refractivity contribution >= 4 is 20.9 Å². The molecular formula is C16H24BNO3Si. The maximum atomic E-state index is 9.39. The SMILES string of the molecule is CC1(C)OB(c2ccc(O[Si](C)(C)C)c(C#N)c2)OC1(C)C. The van der Waals surface area contributed by atoms with Gasteiger partial charge >= 0.3 is 7.12 Å². The molecule has 1 aliphatic rings. The van der Waals surface area contributed by atoms with Crippen LogP contribution < -0.4 is 9.89 Å². The predicted octanol–water partition coefficient (Wildman–Crippen LogP) is 3.07. The smallest absolute Gasteiger partial charge is 0.494 e. The summed E-state index contributed by atoms with van der Waals surface area (Å²) < 4.78 is 18.0. The Hall–Kier alpha value is -1.29. The largest absolute Gasteiger partial charge is 0.543 e. The van der Waals surface area contributed by atoms with Crippen molar-refractivity contribution in [3.63, 3.8) is 0 Å². The summed E-state index contributed by atoms with van der Waals surface area (Å²) in [5.74, 6) is 0.641. The van der Waals surface area contributed by atoms with Crippen molar-refractivity contribution in [3.8, 4) is 11.8 Å². The van der Waals surface area contributed by atoms with Crippen molar-refractivity contribution in [2.75, 3.05) is 0 Å². The lowest BCUT2D eigenvalue weighted by molar-refractivity contribution is 0.00578. The Bertz CT molecular complexity index is 601. The second-order valence-electron chi connectivity index (χ2n) is 7.67. The minimum Gasteiger partial charge on any atom is -0.543 e. The molecule has 0 radical (unpaired) electrons. The topological polar surface area (TPSA) is 51.5 Å². The molecule has 0 aliphatic carbocycles. The number of benzene rings is 1. The summed E-state index contributed by atoms with van der Waals surface area (Å²) in [6.45, 7) is 14.3. The first-order valence-electron chi connectivity index (χ1n) is 7.54. The van der Waals surface area contributed by atoms with Crippen LogP contribution in [0.4, 0.5) is 0 Å². The van der Waals surface area contributed by atoms with E-state index in [-0.39, 0.29) is 0 Å². The standard InChI is InChI=1S/C16H24BNO3Si/c1-15(2)16(3,4)21-17(20-15)13-8-9-14(12(10-13)11-18)19-22(5,6)7/h8-10H,1-7H3. The van der Waals surface area contributed by atoms with Crippen LogP contribution in [0.3, 0.4) is 0 Å². The molecule has 6 heteroatoms. The van der Waals surface area contributed by atoms with Gasteiger partial charge in [0.1, 0.15) is 11.8 Å². The Labute approximate surface area is 134 Å². The minimum absolute atomic E-state index is 0.391. The van der Waals surface area contributed by atoms with E-state index in [1.807, 2.05) is 39.8 Å². The van der Waals surface area contributed by atoms with E-state index in [1.54, 1.807) is 6.07 Å². The van der Waals surface area contributed by atoms with Crippen LogP contribution in [-0.2, 0) is 9.31 Å². The van der Waals surface area contributed by atoms with Crippen molar-refractivity contribution in [2.24, 2.45) is 0 Å². The van der Waals surface area contributed by atoms with Gasteiger partial charge in [-0.3, -0.25) is 0 Å².